The summed E-state index contributed by atoms with van der Waals surface area (Å²) in [5.41, 5.74) is 1.51. The van der Waals surface area contributed by atoms with Crippen LogP contribution in [0.4, 0.5) is 5.69 Å². The Kier molecular flexibility index (Phi) is 2.92. The average Bonchev–Trinajstić information content (AvgIpc) is 2.63. The van der Waals surface area contributed by atoms with Gasteiger partial charge in [-0.25, -0.2) is 13.6 Å². The van der Waals surface area contributed by atoms with Gasteiger partial charge in [-0.2, -0.15) is 0 Å². The molecule has 1 aromatic rings. The van der Waals surface area contributed by atoms with Crippen LogP contribution in [0.3, 0.4) is 0 Å². The molecule has 2 N–H and O–H groups in total. The second-order valence-corrected chi connectivity index (χ2v) is 5.70. The van der Waals surface area contributed by atoms with Gasteiger partial charge in [-0.1, -0.05) is 0 Å². The van der Waals surface area contributed by atoms with Crippen molar-refractivity contribution in [1.82, 2.24) is 0 Å². The summed E-state index contributed by atoms with van der Waals surface area (Å²) in [6, 6.07) is 4.57. The molecule has 0 spiro atoms. The molecule has 1 fully saturated rings. The lowest BCUT2D eigenvalue weighted by atomic mass is 10.2. The summed E-state index contributed by atoms with van der Waals surface area (Å²) < 4.78 is 22.4. The van der Waals surface area contributed by atoms with Gasteiger partial charge >= 0.3 is 0 Å². The normalized spacial score (nSPS) is 16.6. The second-order valence-electron chi connectivity index (χ2n) is 4.14. The molecular formula is C11H14N2O3S. The Balaban J connectivity index is 2.42. The minimum atomic E-state index is -3.68. The summed E-state index contributed by atoms with van der Waals surface area (Å²) in [7, 11) is -3.68. The number of benzene rings is 1. The van der Waals surface area contributed by atoms with E-state index in [-0.39, 0.29) is 10.8 Å². The molecule has 1 amide bonds. The van der Waals surface area contributed by atoms with Crippen molar-refractivity contribution in [2.45, 2.75) is 24.7 Å². The van der Waals surface area contributed by atoms with E-state index in [2.05, 4.69) is 0 Å². The fourth-order valence-corrected chi connectivity index (χ4v) is 2.61. The Morgan fingerprint density at radius 1 is 1.35 bits per heavy atom. The number of nitrogens with zero attached hydrogens (tertiary/aromatic N) is 1. The van der Waals surface area contributed by atoms with Crippen LogP contribution in [-0.2, 0) is 14.8 Å². The molecule has 0 atom stereocenters. The summed E-state index contributed by atoms with van der Waals surface area (Å²) >= 11 is 0. The second kappa shape index (κ2) is 4.12. The van der Waals surface area contributed by atoms with E-state index in [1.807, 2.05) is 0 Å². The largest absolute Gasteiger partial charge is 0.312 e. The van der Waals surface area contributed by atoms with Gasteiger partial charge in [0.1, 0.15) is 0 Å². The third kappa shape index (κ3) is 2.32. The van der Waals surface area contributed by atoms with E-state index >= 15 is 0 Å². The van der Waals surface area contributed by atoms with Crippen LogP contribution in [0.25, 0.3) is 0 Å². The highest BCUT2D eigenvalue weighted by Crippen LogP contribution is 2.26. The summed E-state index contributed by atoms with van der Waals surface area (Å²) in [6.45, 7) is 2.46. The number of anilines is 1. The highest BCUT2D eigenvalue weighted by molar-refractivity contribution is 7.89. The lowest BCUT2D eigenvalue weighted by Gasteiger charge is -2.18. The number of amides is 1. The fraction of sp³-hybridized carbons (Fsp3) is 0.364. The van der Waals surface area contributed by atoms with E-state index in [9.17, 15) is 13.2 Å². The molecular weight excluding hydrogens is 240 g/mol. The summed E-state index contributed by atoms with van der Waals surface area (Å²) in [4.78, 5) is 13.3. The maximum atomic E-state index is 11.6. The van der Waals surface area contributed by atoms with Crippen molar-refractivity contribution in [3.63, 3.8) is 0 Å². The van der Waals surface area contributed by atoms with Gasteiger partial charge in [-0.15, -0.1) is 0 Å². The molecule has 92 valence electrons. The lowest BCUT2D eigenvalue weighted by Crippen LogP contribution is -2.24. The van der Waals surface area contributed by atoms with E-state index in [4.69, 9.17) is 5.14 Å². The van der Waals surface area contributed by atoms with E-state index in [1.54, 1.807) is 17.9 Å². The number of primary sulfonamides is 1. The molecule has 17 heavy (non-hydrogen) atoms. The number of hydrogen-bond acceptors (Lipinski definition) is 3. The molecule has 1 aromatic carbocycles. The van der Waals surface area contributed by atoms with E-state index in [0.29, 0.717) is 13.0 Å². The van der Waals surface area contributed by atoms with E-state index in [1.165, 1.54) is 12.1 Å². The molecule has 0 bridgehead atoms. The Bertz CT molecular complexity index is 566. The van der Waals surface area contributed by atoms with Crippen LogP contribution in [-0.4, -0.2) is 20.9 Å². The molecule has 1 aliphatic heterocycles. The summed E-state index contributed by atoms with van der Waals surface area (Å²) in [5.74, 6) is 0.0801. The minimum Gasteiger partial charge on any atom is -0.312 e. The van der Waals surface area contributed by atoms with Crippen LogP contribution in [0, 0.1) is 6.92 Å². The van der Waals surface area contributed by atoms with E-state index in [0.717, 1.165) is 17.7 Å². The van der Waals surface area contributed by atoms with Crippen molar-refractivity contribution in [3.8, 4) is 0 Å². The highest BCUT2D eigenvalue weighted by Gasteiger charge is 2.23. The lowest BCUT2D eigenvalue weighted by molar-refractivity contribution is -0.117. The van der Waals surface area contributed by atoms with Crippen molar-refractivity contribution < 1.29 is 13.2 Å². The van der Waals surface area contributed by atoms with Gasteiger partial charge in [0.15, 0.2) is 0 Å². The van der Waals surface area contributed by atoms with Gasteiger partial charge in [0.2, 0.25) is 15.9 Å². The van der Waals surface area contributed by atoms with Crippen molar-refractivity contribution in [2.75, 3.05) is 11.4 Å². The molecule has 1 heterocycles. The molecule has 0 aromatic heterocycles. The molecule has 2 rings (SSSR count). The van der Waals surface area contributed by atoms with Crippen LogP contribution in [0.2, 0.25) is 0 Å². The summed E-state index contributed by atoms with van der Waals surface area (Å²) in [5, 5.41) is 5.05. The zero-order chi connectivity index (χ0) is 12.6. The topological polar surface area (TPSA) is 80.5 Å². The van der Waals surface area contributed by atoms with Crippen molar-refractivity contribution in [2.24, 2.45) is 5.14 Å². The predicted octanol–water partition coefficient (Wildman–Crippen LogP) is 0.769. The zero-order valence-corrected chi connectivity index (χ0v) is 10.3. The first kappa shape index (κ1) is 12.1. The maximum Gasteiger partial charge on any atom is 0.238 e. The number of hydrogen-bond donors (Lipinski definition) is 1. The molecule has 6 heteroatoms. The van der Waals surface area contributed by atoms with Crippen LogP contribution in [0.15, 0.2) is 23.1 Å². The van der Waals surface area contributed by atoms with Crippen LogP contribution in [0.1, 0.15) is 18.4 Å². The Morgan fingerprint density at radius 2 is 2.06 bits per heavy atom. The third-order valence-corrected chi connectivity index (χ3v) is 3.77. The predicted molar refractivity (Wildman–Crippen MR) is 64.1 cm³/mol. The zero-order valence-electron chi connectivity index (χ0n) is 9.51. The number of rotatable bonds is 2. The van der Waals surface area contributed by atoms with Crippen molar-refractivity contribution in [3.05, 3.63) is 23.8 Å². The van der Waals surface area contributed by atoms with Gasteiger partial charge < -0.3 is 4.90 Å². The Morgan fingerprint density at radius 3 is 2.53 bits per heavy atom. The smallest absolute Gasteiger partial charge is 0.238 e. The molecule has 0 unspecified atom stereocenters. The average molecular weight is 254 g/mol. The number of nitrogens with two attached hydrogens (primary N) is 1. The van der Waals surface area contributed by atoms with Gasteiger partial charge in [-0.3, -0.25) is 4.79 Å². The van der Waals surface area contributed by atoms with Gasteiger partial charge in [0.25, 0.3) is 0 Å². The SMILES string of the molecule is Cc1cc(S(N)(=O)=O)ccc1N1CCCC1=O. The van der Waals surface area contributed by atoms with Crippen LogP contribution < -0.4 is 10.0 Å². The van der Waals surface area contributed by atoms with Crippen molar-refractivity contribution >= 4 is 21.6 Å². The molecule has 1 saturated heterocycles. The first-order valence-electron chi connectivity index (χ1n) is 5.33. The molecule has 0 saturated carbocycles. The van der Waals surface area contributed by atoms with Crippen LogP contribution >= 0.6 is 0 Å². The number of carbonyl (C=O) groups excluding carboxylic acids is 1. The van der Waals surface area contributed by atoms with E-state index < -0.39 is 10.0 Å². The Labute approximate surface area is 100 Å². The molecule has 0 aliphatic carbocycles. The maximum absolute atomic E-state index is 11.6. The molecule has 1 aliphatic rings. The van der Waals surface area contributed by atoms with Gasteiger partial charge in [0, 0.05) is 18.7 Å². The van der Waals surface area contributed by atoms with Crippen molar-refractivity contribution in [1.29, 1.82) is 0 Å². The number of carbonyl (C=O) groups is 1. The standard InChI is InChI=1S/C11H14N2O3S/c1-8-7-9(17(12,15)16)4-5-10(8)13-6-2-3-11(13)14/h4-5,7H,2-3,6H2,1H3,(H2,12,15,16). The third-order valence-electron chi connectivity index (χ3n) is 2.86. The van der Waals surface area contributed by atoms with Gasteiger partial charge in [-0.05, 0) is 37.1 Å². The minimum absolute atomic E-state index is 0.0744. The monoisotopic (exact) mass is 254 g/mol. The number of aryl methyl sites for hydroxylation is 1. The Hall–Kier alpha value is -1.40. The fourth-order valence-electron chi connectivity index (χ4n) is 2.01. The quantitative estimate of drug-likeness (QED) is 0.846. The summed E-state index contributed by atoms with van der Waals surface area (Å²) in [6.07, 6.45) is 1.39. The van der Waals surface area contributed by atoms with Crippen LogP contribution in [0.5, 0.6) is 0 Å². The van der Waals surface area contributed by atoms with Gasteiger partial charge in [0.05, 0.1) is 4.90 Å². The number of sulfonamides is 1. The first-order valence-corrected chi connectivity index (χ1v) is 6.88. The highest BCUT2D eigenvalue weighted by atomic mass is 32.2. The molecule has 0 radical (unpaired) electrons. The first-order chi connectivity index (χ1) is 7.89. The molecule has 5 nitrogen and oxygen atoms in total.